The first kappa shape index (κ1) is 14.0. The fourth-order valence-corrected chi connectivity index (χ4v) is 2.24. The average Bonchev–Trinajstić information content (AvgIpc) is 2.77. The van der Waals surface area contributed by atoms with Crippen LogP contribution in [-0.2, 0) is 9.53 Å². The molecule has 0 N–H and O–H groups in total. The highest BCUT2D eigenvalue weighted by Gasteiger charge is 2.42. The minimum atomic E-state index is -0.757. The molecule has 0 aromatic heterocycles. The second-order valence-electron chi connectivity index (χ2n) is 5.05. The lowest BCUT2D eigenvalue weighted by Crippen LogP contribution is -2.41. The molecule has 0 bridgehead atoms. The average molecular weight is 238 g/mol. The molecular formula is C13H22N2O2. The van der Waals surface area contributed by atoms with E-state index in [2.05, 4.69) is 6.07 Å². The van der Waals surface area contributed by atoms with Crippen molar-refractivity contribution in [1.29, 1.82) is 5.26 Å². The van der Waals surface area contributed by atoms with Gasteiger partial charge in [0.1, 0.15) is 5.41 Å². The molecule has 17 heavy (non-hydrogen) atoms. The van der Waals surface area contributed by atoms with E-state index < -0.39 is 5.41 Å². The van der Waals surface area contributed by atoms with E-state index in [-0.39, 0.29) is 12.0 Å². The van der Waals surface area contributed by atoms with Gasteiger partial charge in [0, 0.05) is 13.6 Å². The summed E-state index contributed by atoms with van der Waals surface area (Å²) in [7, 11) is 1.75. The molecule has 0 heterocycles. The summed E-state index contributed by atoms with van der Waals surface area (Å²) >= 11 is 0. The molecule has 1 aliphatic rings. The maximum atomic E-state index is 12.2. The second kappa shape index (κ2) is 6.02. The number of rotatable bonds is 5. The number of nitrogens with zero attached hydrogens (tertiary/aromatic N) is 2. The zero-order chi connectivity index (χ0) is 12.9. The summed E-state index contributed by atoms with van der Waals surface area (Å²) in [6.45, 7) is 5.02. The number of carbonyl (C=O) groups excluding carboxylic acids is 1. The third-order valence-electron chi connectivity index (χ3n) is 3.31. The fraction of sp³-hybridized carbons (Fsp3) is 0.846. The van der Waals surface area contributed by atoms with Crippen molar-refractivity contribution < 1.29 is 9.53 Å². The van der Waals surface area contributed by atoms with Gasteiger partial charge in [0.15, 0.2) is 0 Å². The van der Waals surface area contributed by atoms with Gasteiger partial charge in [0.25, 0.3) is 0 Å². The van der Waals surface area contributed by atoms with Gasteiger partial charge < -0.3 is 9.64 Å². The normalized spacial score (nSPS) is 18.1. The van der Waals surface area contributed by atoms with Crippen LogP contribution in [0.2, 0.25) is 0 Å². The predicted octanol–water partition coefficient (Wildman–Crippen LogP) is 1.95. The third-order valence-corrected chi connectivity index (χ3v) is 3.31. The van der Waals surface area contributed by atoms with Crippen LogP contribution < -0.4 is 0 Å². The zero-order valence-corrected chi connectivity index (χ0v) is 11.0. The first-order valence-corrected chi connectivity index (χ1v) is 6.30. The SMILES string of the molecule is CC(C)OCCN(C)C(=O)C1(C#N)CCCC1. The highest BCUT2D eigenvalue weighted by molar-refractivity contribution is 5.85. The summed E-state index contributed by atoms with van der Waals surface area (Å²) in [6.07, 6.45) is 3.55. The van der Waals surface area contributed by atoms with Gasteiger partial charge in [-0.15, -0.1) is 0 Å². The molecule has 0 aromatic carbocycles. The number of hydrogen-bond acceptors (Lipinski definition) is 3. The molecule has 4 heteroatoms. The van der Waals surface area contributed by atoms with Crippen LogP contribution in [0.5, 0.6) is 0 Å². The first-order valence-electron chi connectivity index (χ1n) is 6.30. The van der Waals surface area contributed by atoms with E-state index in [9.17, 15) is 10.1 Å². The van der Waals surface area contributed by atoms with Crippen LogP contribution in [0.15, 0.2) is 0 Å². The monoisotopic (exact) mass is 238 g/mol. The molecule has 1 fully saturated rings. The van der Waals surface area contributed by atoms with Crippen LogP contribution >= 0.6 is 0 Å². The maximum absolute atomic E-state index is 12.2. The van der Waals surface area contributed by atoms with Crippen LogP contribution in [-0.4, -0.2) is 37.1 Å². The molecule has 1 rings (SSSR count). The van der Waals surface area contributed by atoms with Crippen molar-refractivity contribution in [3.05, 3.63) is 0 Å². The van der Waals surface area contributed by atoms with Crippen molar-refractivity contribution in [3.8, 4) is 6.07 Å². The summed E-state index contributed by atoms with van der Waals surface area (Å²) in [6, 6.07) is 2.23. The topological polar surface area (TPSA) is 53.3 Å². The molecule has 1 saturated carbocycles. The van der Waals surface area contributed by atoms with Crippen molar-refractivity contribution in [2.24, 2.45) is 5.41 Å². The molecule has 1 amide bonds. The molecule has 0 atom stereocenters. The van der Waals surface area contributed by atoms with E-state index in [1.54, 1.807) is 11.9 Å². The largest absolute Gasteiger partial charge is 0.377 e. The quantitative estimate of drug-likeness (QED) is 0.735. The van der Waals surface area contributed by atoms with Crippen LogP contribution in [0, 0.1) is 16.7 Å². The molecule has 0 aromatic rings. The molecule has 0 aliphatic heterocycles. The second-order valence-corrected chi connectivity index (χ2v) is 5.05. The van der Waals surface area contributed by atoms with Gasteiger partial charge >= 0.3 is 0 Å². The molecule has 0 unspecified atom stereocenters. The summed E-state index contributed by atoms with van der Waals surface area (Å²) in [4.78, 5) is 13.9. The standard InChI is InChI=1S/C13H22N2O2/c1-11(2)17-9-8-15(3)12(16)13(10-14)6-4-5-7-13/h11H,4-9H2,1-3H3. The Morgan fingerprint density at radius 1 is 1.47 bits per heavy atom. The molecule has 0 radical (unpaired) electrons. The zero-order valence-electron chi connectivity index (χ0n) is 11.0. The number of likely N-dealkylation sites (N-methyl/N-ethyl adjacent to an activating group) is 1. The Bertz CT molecular complexity index is 301. The maximum Gasteiger partial charge on any atom is 0.242 e. The van der Waals surface area contributed by atoms with Crippen LogP contribution in [0.25, 0.3) is 0 Å². The van der Waals surface area contributed by atoms with Crippen molar-refractivity contribution >= 4 is 5.91 Å². The van der Waals surface area contributed by atoms with Crippen LogP contribution in [0.3, 0.4) is 0 Å². The van der Waals surface area contributed by atoms with Crippen molar-refractivity contribution in [1.82, 2.24) is 4.90 Å². The number of nitriles is 1. The Labute approximate surface area is 104 Å². The minimum absolute atomic E-state index is 0.0372. The van der Waals surface area contributed by atoms with Gasteiger partial charge in [0.05, 0.1) is 18.8 Å². The van der Waals surface area contributed by atoms with Gasteiger partial charge in [-0.1, -0.05) is 12.8 Å². The summed E-state index contributed by atoms with van der Waals surface area (Å²) in [5.74, 6) is -0.0372. The lowest BCUT2D eigenvalue weighted by Gasteiger charge is -2.26. The smallest absolute Gasteiger partial charge is 0.242 e. The molecule has 96 valence electrons. The predicted molar refractivity (Wildman–Crippen MR) is 65.2 cm³/mol. The Morgan fingerprint density at radius 3 is 2.53 bits per heavy atom. The highest BCUT2D eigenvalue weighted by atomic mass is 16.5. The summed E-state index contributed by atoms with van der Waals surface area (Å²) in [5, 5.41) is 9.22. The number of amides is 1. The van der Waals surface area contributed by atoms with Crippen LogP contribution in [0.1, 0.15) is 39.5 Å². The number of hydrogen-bond donors (Lipinski definition) is 0. The van der Waals surface area contributed by atoms with E-state index >= 15 is 0 Å². The van der Waals surface area contributed by atoms with E-state index in [0.717, 1.165) is 12.8 Å². The molecule has 1 aliphatic carbocycles. The van der Waals surface area contributed by atoms with E-state index in [1.807, 2.05) is 13.8 Å². The lowest BCUT2D eigenvalue weighted by molar-refractivity contribution is -0.138. The van der Waals surface area contributed by atoms with Gasteiger partial charge in [-0.2, -0.15) is 5.26 Å². The Hall–Kier alpha value is -1.08. The molecule has 0 spiro atoms. The lowest BCUT2D eigenvalue weighted by atomic mass is 9.86. The van der Waals surface area contributed by atoms with Crippen LogP contribution in [0.4, 0.5) is 0 Å². The Balaban J connectivity index is 2.48. The number of carbonyl (C=O) groups is 1. The van der Waals surface area contributed by atoms with E-state index in [1.165, 1.54) is 0 Å². The Morgan fingerprint density at radius 2 is 2.06 bits per heavy atom. The van der Waals surface area contributed by atoms with E-state index in [0.29, 0.717) is 26.0 Å². The first-order chi connectivity index (χ1) is 8.02. The minimum Gasteiger partial charge on any atom is -0.377 e. The van der Waals surface area contributed by atoms with Crippen molar-refractivity contribution in [3.63, 3.8) is 0 Å². The third kappa shape index (κ3) is 3.44. The fourth-order valence-electron chi connectivity index (χ4n) is 2.24. The van der Waals surface area contributed by atoms with E-state index in [4.69, 9.17) is 4.74 Å². The van der Waals surface area contributed by atoms with Gasteiger partial charge in [-0.25, -0.2) is 0 Å². The van der Waals surface area contributed by atoms with Gasteiger partial charge in [-0.05, 0) is 26.7 Å². The molecule has 4 nitrogen and oxygen atoms in total. The van der Waals surface area contributed by atoms with Crippen molar-refractivity contribution in [2.45, 2.75) is 45.6 Å². The van der Waals surface area contributed by atoms with Gasteiger partial charge in [0.2, 0.25) is 5.91 Å². The number of ether oxygens (including phenoxy) is 1. The highest BCUT2D eigenvalue weighted by Crippen LogP contribution is 2.38. The van der Waals surface area contributed by atoms with Crippen molar-refractivity contribution in [2.75, 3.05) is 20.2 Å². The molecule has 0 saturated heterocycles. The summed E-state index contributed by atoms with van der Waals surface area (Å²) < 4.78 is 5.42. The Kier molecular flexibility index (Phi) is 4.95. The van der Waals surface area contributed by atoms with Gasteiger partial charge in [-0.3, -0.25) is 4.79 Å². The molecular weight excluding hydrogens is 216 g/mol. The summed E-state index contributed by atoms with van der Waals surface area (Å²) in [5.41, 5.74) is -0.757.